The van der Waals surface area contributed by atoms with Gasteiger partial charge in [0.1, 0.15) is 5.71 Å². The Morgan fingerprint density at radius 1 is 1.19 bits per heavy atom. The highest BCUT2D eigenvalue weighted by Gasteiger charge is 2.14. The van der Waals surface area contributed by atoms with Gasteiger partial charge in [-0.3, -0.25) is 4.79 Å². The third-order valence-corrected chi connectivity index (χ3v) is 4.12. The molecule has 1 rings (SSSR count). The van der Waals surface area contributed by atoms with Gasteiger partial charge in [0.25, 0.3) is 0 Å². The lowest BCUT2D eigenvalue weighted by atomic mass is 10.0. The van der Waals surface area contributed by atoms with Crippen molar-refractivity contribution in [1.29, 1.82) is 0 Å². The standard InChI is InChI=1S/C16H23NO3S/c1-2-3-4-5-6-15(17-20)16(19)13-7-9-14(10-8-13)21-12-11-18/h7-10,18,20H,2-6,11-12H2,1H3/b17-15+. The zero-order valence-electron chi connectivity index (χ0n) is 12.4. The van der Waals surface area contributed by atoms with E-state index in [4.69, 9.17) is 10.3 Å². The van der Waals surface area contributed by atoms with Crippen LogP contribution in [0.4, 0.5) is 0 Å². The summed E-state index contributed by atoms with van der Waals surface area (Å²) < 4.78 is 0. The van der Waals surface area contributed by atoms with E-state index in [-0.39, 0.29) is 18.1 Å². The van der Waals surface area contributed by atoms with Crippen LogP contribution in [0.3, 0.4) is 0 Å². The second-order valence-electron chi connectivity index (χ2n) is 4.78. The van der Waals surface area contributed by atoms with Gasteiger partial charge in [-0.15, -0.1) is 11.8 Å². The third-order valence-electron chi connectivity index (χ3n) is 3.13. The molecule has 116 valence electrons. The molecule has 0 radical (unpaired) electrons. The summed E-state index contributed by atoms with van der Waals surface area (Å²) in [5.74, 6) is 0.418. The van der Waals surface area contributed by atoms with Gasteiger partial charge >= 0.3 is 0 Å². The summed E-state index contributed by atoms with van der Waals surface area (Å²) in [6.07, 6.45) is 4.68. The van der Waals surface area contributed by atoms with Gasteiger partial charge in [0.15, 0.2) is 0 Å². The second kappa shape index (κ2) is 10.4. The summed E-state index contributed by atoms with van der Waals surface area (Å²) in [5.41, 5.74) is 0.758. The molecule has 21 heavy (non-hydrogen) atoms. The van der Waals surface area contributed by atoms with Crippen LogP contribution in [-0.4, -0.2) is 34.2 Å². The molecule has 2 N–H and O–H groups in total. The van der Waals surface area contributed by atoms with E-state index in [0.717, 1.165) is 30.6 Å². The van der Waals surface area contributed by atoms with Crippen LogP contribution in [0.15, 0.2) is 34.3 Å². The molecule has 0 atom stereocenters. The molecule has 0 aliphatic rings. The molecule has 0 spiro atoms. The van der Waals surface area contributed by atoms with Crippen molar-refractivity contribution in [2.75, 3.05) is 12.4 Å². The second-order valence-corrected chi connectivity index (χ2v) is 5.95. The molecule has 0 saturated carbocycles. The van der Waals surface area contributed by atoms with Crippen molar-refractivity contribution < 1.29 is 15.1 Å². The lowest BCUT2D eigenvalue weighted by Crippen LogP contribution is -2.14. The number of aliphatic hydroxyl groups is 1. The highest BCUT2D eigenvalue weighted by molar-refractivity contribution is 7.99. The lowest BCUT2D eigenvalue weighted by molar-refractivity contribution is 0.105. The molecule has 0 fully saturated rings. The van der Waals surface area contributed by atoms with Crippen LogP contribution in [-0.2, 0) is 0 Å². The smallest absolute Gasteiger partial charge is 0.210 e. The molecule has 1 aromatic carbocycles. The number of unbranched alkanes of at least 4 members (excludes halogenated alkanes) is 3. The number of rotatable bonds is 10. The number of benzene rings is 1. The SMILES string of the molecule is CCCCCC/C(=N\O)C(=O)c1ccc(SCCO)cc1. The maximum Gasteiger partial charge on any atom is 0.210 e. The van der Waals surface area contributed by atoms with Crippen LogP contribution in [0.2, 0.25) is 0 Å². The maximum absolute atomic E-state index is 12.2. The van der Waals surface area contributed by atoms with E-state index in [2.05, 4.69) is 12.1 Å². The molecule has 4 nitrogen and oxygen atoms in total. The van der Waals surface area contributed by atoms with E-state index in [1.165, 1.54) is 11.8 Å². The van der Waals surface area contributed by atoms with E-state index < -0.39 is 0 Å². The molecular weight excluding hydrogens is 286 g/mol. The fraction of sp³-hybridized carbons (Fsp3) is 0.500. The van der Waals surface area contributed by atoms with Gasteiger partial charge in [0.05, 0.1) is 6.61 Å². The Morgan fingerprint density at radius 2 is 1.90 bits per heavy atom. The fourth-order valence-electron chi connectivity index (χ4n) is 1.96. The monoisotopic (exact) mass is 309 g/mol. The van der Waals surface area contributed by atoms with Crippen LogP contribution in [0.25, 0.3) is 0 Å². The Morgan fingerprint density at radius 3 is 2.48 bits per heavy atom. The summed E-state index contributed by atoms with van der Waals surface area (Å²) in [5, 5.41) is 21.0. The number of thioether (sulfide) groups is 1. The van der Waals surface area contributed by atoms with Gasteiger partial charge in [0.2, 0.25) is 5.78 Å². The van der Waals surface area contributed by atoms with Crippen molar-refractivity contribution in [3.8, 4) is 0 Å². The van der Waals surface area contributed by atoms with E-state index in [0.29, 0.717) is 17.7 Å². The first-order valence-corrected chi connectivity index (χ1v) is 8.30. The average molecular weight is 309 g/mol. The van der Waals surface area contributed by atoms with Gasteiger partial charge in [-0.05, 0) is 37.1 Å². The molecule has 0 unspecified atom stereocenters. The first kappa shape index (κ1) is 17.7. The highest BCUT2D eigenvalue weighted by Crippen LogP contribution is 2.18. The number of hydrogen-bond acceptors (Lipinski definition) is 5. The molecule has 0 saturated heterocycles. The number of ketones is 1. The Hall–Kier alpha value is -1.33. The minimum atomic E-state index is -0.215. The minimum Gasteiger partial charge on any atom is -0.411 e. The molecule has 0 heterocycles. The van der Waals surface area contributed by atoms with Crippen LogP contribution >= 0.6 is 11.8 Å². The van der Waals surface area contributed by atoms with Crippen LogP contribution in [0.5, 0.6) is 0 Å². The summed E-state index contributed by atoms with van der Waals surface area (Å²) in [4.78, 5) is 13.2. The molecule has 1 aromatic rings. The quantitative estimate of drug-likeness (QED) is 0.172. The zero-order valence-corrected chi connectivity index (χ0v) is 13.2. The number of carbonyl (C=O) groups excluding carboxylic acids is 1. The fourth-order valence-corrected chi connectivity index (χ4v) is 2.62. The Balaban J connectivity index is 2.59. The van der Waals surface area contributed by atoms with Crippen molar-refractivity contribution >= 4 is 23.3 Å². The Kier molecular flexibility index (Phi) is 8.78. The molecular formula is C16H23NO3S. The summed E-state index contributed by atoms with van der Waals surface area (Å²) >= 11 is 1.53. The normalized spacial score (nSPS) is 11.6. The predicted molar refractivity (Wildman–Crippen MR) is 86.6 cm³/mol. The van der Waals surface area contributed by atoms with Gasteiger partial charge in [-0.25, -0.2) is 0 Å². The number of aliphatic hydroxyl groups excluding tert-OH is 1. The highest BCUT2D eigenvalue weighted by atomic mass is 32.2. The summed E-state index contributed by atoms with van der Waals surface area (Å²) in [6, 6.07) is 7.16. The molecule has 0 bridgehead atoms. The van der Waals surface area contributed by atoms with Crippen molar-refractivity contribution in [2.45, 2.75) is 43.9 Å². The van der Waals surface area contributed by atoms with Gasteiger partial charge in [-0.1, -0.05) is 31.3 Å². The number of Topliss-reactive ketones (excluding diaryl/α,β-unsaturated/α-hetero) is 1. The molecule has 0 aliphatic carbocycles. The number of oxime groups is 1. The summed E-state index contributed by atoms with van der Waals surface area (Å²) in [7, 11) is 0. The molecule has 0 amide bonds. The first-order chi connectivity index (χ1) is 10.2. The molecule has 5 heteroatoms. The van der Waals surface area contributed by atoms with Gasteiger partial charge < -0.3 is 10.3 Å². The van der Waals surface area contributed by atoms with E-state index in [9.17, 15) is 4.79 Å². The zero-order chi connectivity index (χ0) is 15.5. The van der Waals surface area contributed by atoms with Crippen LogP contribution in [0.1, 0.15) is 49.4 Å². The van der Waals surface area contributed by atoms with Gasteiger partial charge in [-0.2, -0.15) is 0 Å². The Bertz CT molecular complexity index is 457. The topological polar surface area (TPSA) is 69.9 Å². The van der Waals surface area contributed by atoms with Crippen molar-refractivity contribution in [2.24, 2.45) is 5.16 Å². The van der Waals surface area contributed by atoms with E-state index >= 15 is 0 Å². The maximum atomic E-state index is 12.2. The average Bonchev–Trinajstić information content (AvgIpc) is 2.53. The van der Waals surface area contributed by atoms with E-state index in [1.807, 2.05) is 12.1 Å². The number of carbonyl (C=O) groups is 1. The van der Waals surface area contributed by atoms with Crippen molar-refractivity contribution in [3.05, 3.63) is 29.8 Å². The number of nitrogens with zero attached hydrogens (tertiary/aromatic N) is 1. The minimum absolute atomic E-state index is 0.129. The lowest BCUT2D eigenvalue weighted by Gasteiger charge is -2.05. The first-order valence-electron chi connectivity index (χ1n) is 7.32. The van der Waals surface area contributed by atoms with Crippen molar-refractivity contribution in [3.63, 3.8) is 0 Å². The largest absolute Gasteiger partial charge is 0.411 e. The van der Waals surface area contributed by atoms with Gasteiger partial charge in [0, 0.05) is 16.2 Å². The van der Waals surface area contributed by atoms with Crippen LogP contribution < -0.4 is 0 Å². The molecule has 0 aromatic heterocycles. The predicted octanol–water partition coefficient (Wildman–Crippen LogP) is 3.75. The van der Waals surface area contributed by atoms with Crippen LogP contribution in [0, 0.1) is 0 Å². The number of hydrogen-bond donors (Lipinski definition) is 2. The molecule has 0 aliphatic heterocycles. The summed E-state index contributed by atoms with van der Waals surface area (Å²) in [6.45, 7) is 2.26. The third kappa shape index (κ3) is 6.31. The Labute approximate surface area is 130 Å². The van der Waals surface area contributed by atoms with Crippen molar-refractivity contribution in [1.82, 2.24) is 0 Å². The van der Waals surface area contributed by atoms with E-state index in [1.54, 1.807) is 12.1 Å².